The molecule has 5 nitrogen and oxygen atoms in total. The Morgan fingerprint density at radius 3 is 3.05 bits per heavy atom. The molecule has 1 atom stereocenters. The van der Waals surface area contributed by atoms with E-state index in [1.165, 1.54) is 32.2 Å². The average Bonchev–Trinajstić information content (AvgIpc) is 2.86. The van der Waals surface area contributed by atoms with Gasteiger partial charge in [0.25, 0.3) is 0 Å². The third kappa shape index (κ3) is 3.02. The van der Waals surface area contributed by atoms with Crippen molar-refractivity contribution in [2.24, 2.45) is 0 Å². The molecule has 2 aromatic rings. The highest BCUT2D eigenvalue weighted by molar-refractivity contribution is 5.68. The third-order valence-electron chi connectivity index (χ3n) is 4.57. The van der Waals surface area contributed by atoms with Crippen molar-refractivity contribution >= 4 is 11.3 Å². The van der Waals surface area contributed by atoms with Gasteiger partial charge in [-0.25, -0.2) is 9.50 Å². The van der Waals surface area contributed by atoms with Gasteiger partial charge in [0.15, 0.2) is 5.82 Å². The highest BCUT2D eigenvalue weighted by atomic mass is 15.3. The Labute approximate surface area is 126 Å². The molecule has 0 radical (unpaired) electrons. The molecule has 1 saturated heterocycles. The molecular weight excluding hydrogens is 262 g/mol. The summed E-state index contributed by atoms with van der Waals surface area (Å²) in [5.74, 6) is 1.02. The molecule has 21 heavy (non-hydrogen) atoms. The first-order chi connectivity index (χ1) is 10.1. The molecule has 0 bridgehead atoms. The van der Waals surface area contributed by atoms with Gasteiger partial charge in [-0.2, -0.15) is 5.10 Å². The smallest absolute Gasteiger partial charge is 0.154 e. The fraction of sp³-hybridized carbons (Fsp3) is 0.625. The van der Waals surface area contributed by atoms with Gasteiger partial charge in [0.2, 0.25) is 0 Å². The van der Waals surface area contributed by atoms with Crippen LogP contribution in [0.2, 0.25) is 0 Å². The van der Waals surface area contributed by atoms with Crippen molar-refractivity contribution in [1.29, 1.82) is 0 Å². The van der Waals surface area contributed by atoms with E-state index in [-0.39, 0.29) is 0 Å². The van der Waals surface area contributed by atoms with Gasteiger partial charge >= 0.3 is 0 Å². The highest BCUT2D eigenvalue weighted by Crippen LogP contribution is 2.21. The van der Waals surface area contributed by atoms with E-state index >= 15 is 0 Å². The second-order valence-corrected chi connectivity index (χ2v) is 6.21. The Morgan fingerprint density at radius 1 is 1.38 bits per heavy atom. The normalized spacial score (nSPS) is 20.0. The van der Waals surface area contributed by atoms with Crippen LogP contribution in [0.3, 0.4) is 0 Å². The molecule has 0 saturated carbocycles. The van der Waals surface area contributed by atoms with Crippen molar-refractivity contribution in [3.63, 3.8) is 0 Å². The minimum absolute atomic E-state index is 0.715. The molecule has 5 heteroatoms. The molecule has 2 aromatic heterocycles. The zero-order chi connectivity index (χ0) is 14.8. The summed E-state index contributed by atoms with van der Waals surface area (Å²) < 4.78 is 1.92. The summed E-state index contributed by atoms with van der Waals surface area (Å²) in [5, 5.41) is 4.46. The number of aryl methyl sites for hydroxylation is 1. The SMILES string of the molecule is Cc1cc2c(N(C)CCC3CCCCN3C)nccn2n1. The number of fused-ring (bicyclic) bond motifs is 1. The molecule has 0 aromatic carbocycles. The van der Waals surface area contributed by atoms with Crippen LogP contribution in [0.5, 0.6) is 0 Å². The van der Waals surface area contributed by atoms with Gasteiger partial charge in [0.1, 0.15) is 5.52 Å². The first-order valence-corrected chi connectivity index (χ1v) is 7.87. The fourth-order valence-electron chi connectivity index (χ4n) is 3.28. The predicted molar refractivity (Wildman–Crippen MR) is 85.9 cm³/mol. The van der Waals surface area contributed by atoms with Crippen LogP contribution in [0.25, 0.3) is 5.52 Å². The van der Waals surface area contributed by atoms with Crippen LogP contribution in [-0.2, 0) is 0 Å². The topological polar surface area (TPSA) is 36.7 Å². The molecule has 1 fully saturated rings. The Kier molecular flexibility index (Phi) is 4.10. The standard InChI is InChI=1S/C16H25N5/c1-13-12-15-16(17-8-11-21(15)18-13)20(3)10-7-14-6-4-5-9-19(14)2/h8,11-12,14H,4-7,9-10H2,1-3H3. The summed E-state index contributed by atoms with van der Waals surface area (Å²) in [4.78, 5) is 9.33. The van der Waals surface area contributed by atoms with E-state index in [0.29, 0.717) is 6.04 Å². The Morgan fingerprint density at radius 2 is 2.24 bits per heavy atom. The second kappa shape index (κ2) is 6.02. The first kappa shape index (κ1) is 14.3. The molecular formula is C16H25N5. The monoisotopic (exact) mass is 287 g/mol. The number of anilines is 1. The zero-order valence-electron chi connectivity index (χ0n) is 13.3. The molecule has 114 valence electrons. The molecule has 0 amide bonds. The molecule has 1 aliphatic heterocycles. The molecule has 3 rings (SSSR count). The summed E-state index contributed by atoms with van der Waals surface area (Å²) >= 11 is 0. The van der Waals surface area contributed by atoms with Crippen molar-refractivity contribution in [1.82, 2.24) is 19.5 Å². The van der Waals surface area contributed by atoms with Crippen LogP contribution in [0, 0.1) is 6.92 Å². The average molecular weight is 287 g/mol. The largest absolute Gasteiger partial charge is 0.358 e. The van der Waals surface area contributed by atoms with E-state index in [0.717, 1.165) is 23.6 Å². The minimum atomic E-state index is 0.715. The maximum atomic E-state index is 4.55. The lowest BCUT2D eigenvalue weighted by molar-refractivity contribution is 0.178. The van der Waals surface area contributed by atoms with Gasteiger partial charge in [0, 0.05) is 32.0 Å². The number of nitrogens with zero attached hydrogens (tertiary/aromatic N) is 5. The third-order valence-corrected chi connectivity index (χ3v) is 4.57. The molecule has 1 unspecified atom stereocenters. The summed E-state index contributed by atoms with van der Waals surface area (Å²) in [6.07, 6.45) is 8.98. The minimum Gasteiger partial charge on any atom is -0.358 e. The summed E-state index contributed by atoms with van der Waals surface area (Å²) in [6.45, 7) is 4.30. The van der Waals surface area contributed by atoms with Gasteiger partial charge in [-0.15, -0.1) is 0 Å². The summed E-state index contributed by atoms with van der Waals surface area (Å²) in [6, 6.07) is 2.82. The zero-order valence-corrected chi connectivity index (χ0v) is 13.3. The number of aromatic nitrogens is 3. The lowest BCUT2D eigenvalue weighted by Gasteiger charge is -2.33. The van der Waals surface area contributed by atoms with Crippen molar-refractivity contribution in [2.45, 2.75) is 38.6 Å². The summed E-state index contributed by atoms with van der Waals surface area (Å²) in [5.41, 5.74) is 2.12. The second-order valence-electron chi connectivity index (χ2n) is 6.21. The molecule has 0 spiro atoms. The summed E-state index contributed by atoms with van der Waals surface area (Å²) in [7, 11) is 4.39. The Hall–Kier alpha value is -1.62. The lowest BCUT2D eigenvalue weighted by Crippen LogP contribution is -2.38. The van der Waals surface area contributed by atoms with Gasteiger partial charge in [-0.1, -0.05) is 6.42 Å². The number of hydrogen-bond donors (Lipinski definition) is 0. The quantitative estimate of drug-likeness (QED) is 0.865. The van der Waals surface area contributed by atoms with Gasteiger partial charge in [0.05, 0.1) is 5.69 Å². The number of rotatable bonds is 4. The van der Waals surface area contributed by atoms with E-state index in [1.54, 1.807) is 0 Å². The maximum Gasteiger partial charge on any atom is 0.154 e. The number of likely N-dealkylation sites (tertiary alicyclic amines) is 1. The van der Waals surface area contributed by atoms with E-state index in [9.17, 15) is 0 Å². The highest BCUT2D eigenvalue weighted by Gasteiger charge is 2.19. The van der Waals surface area contributed by atoms with Crippen LogP contribution in [-0.4, -0.2) is 52.7 Å². The van der Waals surface area contributed by atoms with Gasteiger partial charge in [-0.05, 0) is 45.8 Å². The van der Waals surface area contributed by atoms with E-state index in [2.05, 4.69) is 40.0 Å². The molecule has 0 N–H and O–H groups in total. The lowest BCUT2D eigenvalue weighted by atomic mass is 10.00. The van der Waals surface area contributed by atoms with Gasteiger partial charge in [-0.3, -0.25) is 0 Å². The number of hydrogen-bond acceptors (Lipinski definition) is 4. The van der Waals surface area contributed by atoms with Crippen LogP contribution < -0.4 is 4.90 Å². The first-order valence-electron chi connectivity index (χ1n) is 7.87. The van der Waals surface area contributed by atoms with Gasteiger partial charge < -0.3 is 9.80 Å². The van der Waals surface area contributed by atoms with E-state index < -0.39 is 0 Å². The molecule has 3 heterocycles. The van der Waals surface area contributed by atoms with E-state index in [1.807, 2.05) is 23.8 Å². The Bertz CT molecular complexity index is 606. The maximum absolute atomic E-state index is 4.55. The van der Waals surface area contributed by atoms with Crippen LogP contribution >= 0.6 is 0 Å². The molecule has 0 aliphatic carbocycles. The molecule has 1 aliphatic rings. The van der Waals surface area contributed by atoms with E-state index in [4.69, 9.17) is 0 Å². The van der Waals surface area contributed by atoms with Crippen molar-refractivity contribution in [2.75, 3.05) is 32.1 Å². The van der Waals surface area contributed by atoms with Crippen molar-refractivity contribution in [3.8, 4) is 0 Å². The van der Waals surface area contributed by atoms with Crippen LogP contribution in [0.4, 0.5) is 5.82 Å². The predicted octanol–water partition coefficient (Wildman–Crippen LogP) is 2.35. The van der Waals surface area contributed by atoms with Crippen LogP contribution in [0.15, 0.2) is 18.5 Å². The Balaban J connectivity index is 1.70. The van der Waals surface area contributed by atoms with Crippen molar-refractivity contribution < 1.29 is 0 Å². The number of piperidine rings is 1. The fourth-order valence-corrected chi connectivity index (χ4v) is 3.28. The van der Waals surface area contributed by atoms with Crippen molar-refractivity contribution in [3.05, 3.63) is 24.2 Å². The van der Waals surface area contributed by atoms with Crippen LogP contribution in [0.1, 0.15) is 31.4 Å².